The second-order valence-electron chi connectivity index (χ2n) is 14.8. The molecule has 9 atom stereocenters. The van der Waals surface area contributed by atoms with Gasteiger partial charge in [0.15, 0.2) is 5.78 Å². The van der Waals surface area contributed by atoms with Crippen LogP contribution in [0.2, 0.25) is 0 Å². The minimum Gasteiger partial charge on any atom is -0.456 e. The van der Waals surface area contributed by atoms with Crippen molar-refractivity contribution in [2.75, 3.05) is 0 Å². The molecule has 226 valence electrons. The van der Waals surface area contributed by atoms with Crippen molar-refractivity contribution in [3.63, 3.8) is 0 Å². The highest BCUT2D eigenvalue weighted by Gasteiger charge is 2.69. The maximum Gasteiger partial charge on any atom is 0.338 e. The molecule has 7 nitrogen and oxygen atoms in total. The number of benzene rings is 1. The standard InChI is InChI=1S/C34H48O7/c1-30(2,38)15-14-28(41-29(37)21-9-7-6-8-10-21)33(5,39)27-13-18-34(40)24-20-26(36)25-19-22(35)11-16-31(25,3)23(24)12-17-32(27,34)4/h6-10,20,22-23,25,27-28,35,38-40H,11-19H2,1-5H3/t22-,23-,25+,27-,28+,31+,32+,33+,34+/m0/s1. The van der Waals surface area contributed by atoms with E-state index in [-0.39, 0.29) is 29.5 Å². The highest BCUT2D eigenvalue weighted by Crippen LogP contribution is 2.68. The Hall–Kier alpha value is -2.06. The lowest BCUT2D eigenvalue weighted by Crippen LogP contribution is -2.62. The van der Waals surface area contributed by atoms with E-state index in [1.165, 1.54) is 0 Å². The molecule has 0 saturated heterocycles. The fourth-order valence-electron chi connectivity index (χ4n) is 9.20. The Morgan fingerprint density at radius 3 is 2.37 bits per heavy atom. The summed E-state index contributed by atoms with van der Waals surface area (Å²) in [4.78, 5) is 26.6. The van der Waals surface area contributed by atoms with Crippen molar-refractivity contribution in [3.8, 4) is 0 Å². The molecule has 1 aromatic rings. The van der Waals surface area contributed by atoms with Crippen molar-refractivity contribution >= 4 is 11.8 Å². The molecule has 0 spiro atoms. The number of allylic oxidation sites excluding steroid dienone is 1. The first-order valence-electron chi connectivity index (χ1n) is 15.4. The van der Waals surface area contributed by atoms with Gasteiger partial charge in [0.25, 0.3) is 0 Å². The number of aliphatic hydroxyl groups is 4. The molecule has 4 aliphatic rings. The Balaban J connectivity index is 1.47. The summed E-state index contributed by atoms with van der Waals surface area (Å²) in [6.45, 7) is 9.27. The number of hydrogen-bond acceptors (Lipinski definition) is 7. The summed E-state index contributed by atoms with van der Waals surface area (Å²) in [5.41, 5.74) is -3.66. The van der Waals surface area contributed by atoms with Crippen LogP contribution in [0.3, 0.4) is 0 Å². The SMILES string of the molecule is CC(C)(O)CC[C@@H](OC(=O)c1ccccc1)[C@](C)(O)[C@H]1CC[C@@]2(O)C3=CC(=O)[C@H]4C[C@@H](O)CC[C@]4(C)[C@H]3CC[C@]12C. The number of esters is 1. The third kappa shape index (κ3) is 5.01. The van der Waals surface area contributed by atoms with E-state index in [1.54, 1.807) is 51.1 Å². The van der Waals surface area contributed by atoms with E-state index in [1.807, 2.05) is 13.0 Å². The van der Waals surface area contributed by atoms with Crippen molar-refractivity contribution in [1.82, 2.24) is 0 Å². The first-order chi connectivity index (χ1) is 19.0. The number of rotatable bonds is 7. The molecule has 1 aromatic carbocycles. The van der Waals surface area contributed by atoms with Gasteiger partial charge in [-0.15, -0.1) is 0 Å². The Labute approximate surface area is 244 Å². The van der Waals surface area contributed by atoms with Crippen LogP contribution in [-0.4, -0.2) is 61.2 Å². The Bertz CT molecular complexity index is 1200. The quantitative estimate of drug-likeness (QED) is 0.350. The molecule has 0 unspecified atom stereocenters. The van der Waals surface area contributed by atoms with E-state index in [9.17, 15) is 30.0 Å². The maximum atomic E-state index is 13.5. The fourth-order valence-corrected chi connectivity index (χ4v) is 9.20. The van der Waals surface area contributed by atoms with E-state index >= 15 is 0 Å². The first kappa shape index (κ1) is 30.4. The van der Waals surface area contributed by atoms with Crippen LogP contribution in [0, 0.1) is 28.6 Å². The van der Waals surface area contributed by atoms with E-state index in [2.05, 4.69) is 6.92 Å². The van der Waals surface area contributed by atoms with E-state index in [4.69, 9.17) is 4.74 Å². The third-order valence-electron chi connectivity index (χ3n) is 11.7. The second-order valence-corrected chi connectivity index (χ2v) is 14.8. The highest BCUT2D eigenvalue weighted by molar-refractivity contribution is 5.95. The summed E-state index contributed by atoms with van der Waals surface area (Å²) in [7, 11) is 0. The normalized spacial score (nSPS) is 39.0. The molecule has 5 rings (SSSR count). The molecule has 0 aromatic heterocycles. The summed E-state index contributed by atoms with van der Waals surface area (Å²) < 4.78 is 6.01. The Morgan fingerprint density at radius 1 is 1.02 bits per heavy atom. The molecule has 3 fully saturated rings. The van der Waals surface area contributed by atoms with Gasteiger partial charge in [-0.2, -0.15) is 0 Å². The topological polar surface area (TPSA) is 124 Å². The molecule has 0 heterocycles. The van der Waals surface area contributed by atoms with Gasteiger partial charge in [-0.25, -0.2) is 4.79 Å². The van der Waals surface area contributed by atoms with E-state index < -0.39 is 46.3 Å². The molecule has 0 radical (unpaired) electrons. The van der Waals surface area contributed by atoms with Crippen LogP contribution >= 0.6 is 0 Å². The monoisotopic (exact) mass is 568 g/mol. The Kier molecular flexibility index (Phi) is 7.63. The smallest absolute Gasteiger partial charge is 0.338 e. The number of carbonyl (C=O) groups excluding carboxylic acids is 2. The molecule has 0 amide bonds. The van der Waals surface area contributed by atoms with Crippen LogP contribution in [0.1, 0.15) is 103 Å². The van der Waals surface area contributed by atoms with Crippen molar-refractivity contribution < 1.29 is 34.8 Å². The third-order valence-corrected chi connectivity index (χ3v) is 11.7. The zero-order chi connectivity index (χ0) is 30.0. The molecule has 3 saturated carbocycles. The van der Waals surface area contributed by atoms with Gasteiger partial charge in [0, 0.05) is 11.3 Å². The number of ketones is 1. The molecule has 41 heavy (non-hydrogen) atoms. The lowest BCUT2D eigenvalue weighted by Gasteiger charge is -2.60. The van der Waals surface area contributed by atoms with Gasteiger partial charge in [0.2, 0.25) is 0 Å². The average molecular weight is 569 g/mol. The summed E-state index contributed by atoms with van der Waals surface area (Å²) in [6.07, 6.45) is 5.12. The van der Waals surface area contributed by atoms with Crippen LogP contribution < -0.4 is 0 Å². The van der Waals surface area contributed by atoms with Gasteiger partial charge in [-0.3, -0.25) is 4.79 Å². The van der Waals surface area contributed by atoms with Gasteiger partial charge in [0.1, 0.15) is 11.7 Å². The van der Waals surface area contributed by atoms with Gasteiger partial charge in [-0.05, 0) is 120 Å². The second kappa shape index (κ2) is 10.3. The summed E-state index contributed by atoms with van der Waals surface area (Å²) >= 11 is 0. The van der Waals surface area contributed by atoms with E-state index in [0.717, 1.165) is 18.4 Å². The van der Waals surface area contributed by atoms with Crippen molar-refractivity contribution in [3.05, 3.63) is 47.5 Å². The zero-order valence-corrected chi connectivity index (χ0v) is 25.2. The van der Waals surface area contributed by atoms with Gasteiger partial charge >= 0.3 is 5.97 Å². The molecule has 4 aliphatic carbocycles. The minimum atomic E-state index is -1.50. The molecule has 0 aliphatic heterocycles. The van der Waals surface area contributed by atoms with Gasteiger partial charge < -0.3 is 25.2 Å². The maximum absolute atomic E-state index is 13.5. The number of carbonyl (C=O) groups is 2. The van der Waals surface area contributed by atoms with Gasteiger partial charge in [-0.1, -0.05) is 32.0 Å². The number of hydrogen-bond donors (Lipinski definition) is 4. The molecular formula is C34H48O7. The largest absolute Gasteiger partial charge is 0.456 e. The van der Waals surface area contributed by atoms with Gasteiger partial charge in [0.05, 0.1) is 22.9 Å². The minimum absolute atomic E-state index is 0.00905. The zero-order valence-electron chi connectivity index (χ0n) is 25.2. The first-order valence-corrected chi connectivity index (χ1v) is 15.4. The molecule has 0 bridgehead atoms. The molecule has 4 N–H and O–H groups in total. The summed E-state index contributed by atoms with van der Waals surface area (Å²) in [6, 6.07) is 8.68. The molecular weight excluding hydrogens is 520 g/mol. The van der Waals surface area contributed by atoms with Crippen LogP contribution in [-0.2, 0) is 9.53 Å². The van der Waals surface area contributed by atoms with E-state index in [0.29, 0.717) is 44.1 Å². The number of ether oxygens (including phenoxy) is 1. The predicted octanol–water partition coefficient (Wildman–Crippen LogP) is 4.75. The fraction of sp³-hybridized carbons (Fsp3) is 0.706. The van der Waals surface area contributed by atoms with Crippen molar-refractivity contribution in [2.24, 2.45) is 28.6 Å². The van der Waals surface area contributed by atoms with Crippen molar-refractivity contribution in [1.29, 1.82) is 0 Å². The summed E-state index contributed by atoms with van der Waals surface area (Å²) in [5.74, 6) is -1.15. The lowest BCUT2D eigenvalue weighted by molar-refractivity contribution is -0.174. The van der Waals surface area contributed by atoms with Crippen LogP contribution in [0.4, 0.5) is 0 Å². The van der Waals surface area contributed by atoms with Crippen LogP contribution in [0.15, 0.2) is 42.0 Å². The Morgan fingerprint density at radius 2 is 1.71 bits per heavy atom. The average Bonchev–Trinajstić information content (AvgIpc) is 3.19. The number of aliphatic hydroxyl groups excluding tert-OH is 1. The van der Waals surface area contributed by atoms with Crippen LogP contribution in [0.5, 0.6) is 0 Å². The number of fused-ring (bicyclic) bond motifs is 5. The predicted molar refractivity (Wildman–Crippen MR) is 155 cm³/mol. The molecule has 7 heteroatoms. The van der Waals surface area contributed by atoms with Crippen molar-refractivity contribution in [2.45, 2.75) is 121 Å². The lowest BCUT2D eigenvalue weighted by atomic mass is 9.46. The van der Waals surface area contributed by atoms with Crippen LogP contribution in [0.25, 0.3) is 0 Å². The highest BCUT2D eigenvalue weighted by atomic mass is 16.6. The summed E-state index contributed by atoms with van der Waals surface area (Å²) in [5, 5.41) is 45.7.